The van der Waals surface area contributed by atoms with E-state index in [1.165, 1.54) is 0 Å². The molecule has 0 aliphatic heterocycles. The molecule has 0 spiro atoms. The van der Waals surface area contributed by atoms with Gasteiger partial charge in [0.15, 0.2) is 0 Å². The topological polar surface area (TPSA) is 65.1 Å². The van der Waals surface area contributed by atoms with Gasteiger partial charge in [-0.1, -0.05) is 17.9 Å². The number of nitrogens with one attached hydrogen (secondary N) is 2. The van der Waals surface area contributed by atoms with E-state index in [0.717, 1.165) is 16.5 Å². The fourth-order valence-corrected chi connectivity index (χ4v) is 1.55. The Hall–Kier alpha value is -2.25. The maximum Gasteiger partial charge on any atom is 0.352 e. The van der Waals surface area contributed by atoms with E-state index in [1.807, 2.05) is 25.2 Å². The maximum absolute atomic E-state index is 10.8. The second-order valence-corrected chi connectivity index (χ2v) is 3.62. The summed E-state index contributed by atoms with van der Waals surface area (Å²) in [6, 6.07) is 7.21. The molecule has 17 heavy (non-hydrogen) atoms. The molecule has 0 fully saturated rings. The van der Waals surface area contributed by atoms with Gasteiger partial charge in [-0.2, -0.15) is 0 Å². The molecule has 0 bridgehead atoms. The predicted octanol–water partition coefficient (Wildman–Crippen LogP) is 1.44. The molecule has 0 aliphatic carbocycles. The quantitative estimate of drug-likeness (QED) is 0.681. The minimum atomic E-state index is -0.955. The van der Waals surface area contributed by atoms with Gasteiger partial charge in [0.05, 0.1) is 6.54 Å². The van der Waals surface area contributed by atoms with Crippen molar-refractivity contribution in [3.63, 3.8) is 0 Å². The number of hydrogen-bond acceptors (Lipinski definition) is 2. The van der Waals surface area contributed by atoms with Gasteiger partial charge in [0.25, 0.3) is 0 Å². The van der Waals surface area contributed by atoms with Crippen molar-refractivity contribution in [3.8, 4) is 11.8 Å². The molecule has 4 heteroatoms. The van der Waals surface area contributed by atoms with Crippen LogP contribution in [0.15, 0.2) is 24.3 Å². The van der Waals surface area contributed by atoms with Gasteiger partial charge in [0.2, 0.25) is 0 Å². The van der Waals surface area contributed by atoms with E-state index >= 15 is 0 Å². The summed E-state index contributed by atoms with van der Waals surface area (Å²) in [4.78, 5) is 13.6. The lowest BCUT2D eigenvalue weighted by atomic mass is 10.1. The molecule has 0 atom stereocenters. The van der Waals surface area contributed by atoms with Gasteiger partial charge in [0.1, 0.15) is 5.69 Å². The SMILES string of the molecule is CNCC#Cc1ccc2cc(C(=O)O)[nH]c2c1. The molecule has 3 N–H and O–H groups in total. The number of aromatic nitrogens is 1. The van der Waals surface area contributed by atoms with Gasteiger partial charge in [0, 0.05) is 16.5 Å². The summed E-state index contributed by atoms with van der Waals surface area (Å²) < 4.78 is 0. The first kappa shape index (κ1) is 11.2. The number of H-pyrrole nitrogens is 1. The fraction of sp³-hybridized carbons (Fsp3) is 0.154. The third-order valence-electron chi connectivity index (χ3n) is 2.35. The summed E-state index contributed by atoms with van der Waals surface area (Å²) >= 11 is 0. The molecule has 0 amide bonds. The van der Waals surface area contributed by atoms with Crippen LogP contribution in [0.3, 0.4) is 0 Å². The lowest BCUT2D eigenvalue weighted by molar-refractivity contribution is 0.0691. The monoisotopic (exact) mass is 228 g/mol. The van der Waals surface area contributed by atoms with Gasteiger partial charge in [-0.25, -0.2) is 4.79 Å². The second-order valence-electron chi connectivity index (χ2n) is 3.62. The van der Waals surface area contributed by atoms with E-state index in [-0.39, 0.29) is 5.69 Å². The van der Waals surface area contributed by atoms with Crippen molar-refractivity contribution < 1.29 is 9.90 Å². The molecule has 86 valence electrons. The van der Waals surface area contributed by atoms with Crippen LogP contribution in [0.5, 0.6) is 0 Å². The molecule has 0 saturated carbocycles. The van der Waals surface area contributed by atoms with Gasteiger partial charge >= 0.3 is 5.97 Å². The Morgan fingerprint density at radius 3 is 3.00 bits per heavy atom. The Balaban J connectivity index is 2.37. The number of carboxylic acids is 1. The van der Waals surface area contributed by atoms with Crippen molar-refractivity contribution in [1.29, 1.82) is 0 Å². The maximum atomic E-state index is 10.8. The normalized spacial score (nSPS) is 9.94. The van der Waals surface area contributed by atoms with Crippen molar-refractivity contribution in [2.24, 2.45) is 0 Å². The minimum Gasteiger partial charge on any atom is -0.477 e. The van der Waals surface area contributed by atoms with Gasteiger partial charge < -0.3 is 15.4 Å². The molecule has 2 rings (SSSR count). The second kappa shape index (κ2) is 4.73. The molecular formula is C13H12N2O2. The van der Waals surface area contributed by atoms with E-state index < -0.39 is 5.97 Å². The number of carbonyl (C=O) groups is 1. The Morgan fingerprint density at radius 1 is 1.47 bits per heavy atom. The fourth-order valence-electron chi connectivity index (χ4n) is 1.55. The van der Waals surface area contributed by atoms with Crippen LogP contribution in [0.2, 0.25) is 0 Å². The van der Waals surface area contributed by atoms with Crippen molar-refractivity contribution in [2.75, 3.05) is 13.6 Å². The first-order valence-corrected chi connectivity index (χ1v) is 5.20. The first-order chi connectivity index (χ1) is 8.20. The molecular weight excluding hydrogens is 216 g/mol. The summed E-state index contributed by atoms with van der Waals surface area (Å²) in [5, 5.41) is 12.7. The summed E-state index contributed by atoms with van der Waals surface area (Å²) in [6.07, 6.45) is 0. The van der Waals surface area contributed by atoms with Gasteiger partial charge in [-0.3, -0.25) is 0 Å². The molecule has 1 aromatic carbocycles. The highest BCUT2D eigenvalue weighted by Crippen LogP contribution is 2.16. The van der Waals surface area contributed by atoms with E-state index in [1.54, 1.807) is 6.07 Å². The van der Waals surface area contributed by atoms with Crippen LogP contribution in [0.4, 0.5) is 0 Å². The van der Waals surface area contributed by atoms with Gasteiger partial charge in [-0.15, -0.1) is 0 Å². The lowest BCUT2D eigenvalue weighted by Gasteiger charge is -1.91. The molecule has 0 radical (unpaired) electrons. The highest BCUT2D eigenvalue weighted by Gasteiger charge is 2.06. The minimum absolute atomic E-state index is 0.195. The van der Waals surface area contributed by atoms with Crippen molar-refractivity contribution in [2.45, 2.75) is 0 Å². The van der Waals surface area contributed by atoms with Crippen LogP contribution in [0, 0.1) is 11.8 Å². The largest absolute Gasteiger partial charge is 0.477 e. The molecule has 0 aliphatic rings. The summed E-state index contributed by atoms with van der Waals surface area (Å²) in [5.41, 5.74) is 1.85. The first-order valence-electron chi connectivity index (χ1n) is 5.20. The summed E-state index contributed by atoms with van der Waals surface area (Å²) in [5.74, 6) is 5.00. The van der Waals surface area contributed by atoms with Crippen LogP contribution in [-0.4, -0.2) is 29.7 Å². The Bertz CT molecular complexity index is 617. The number of carboxylic acid groups (broad SMARTS) is 1. The third-order valence-corrected chi connectivity index (χ3v) is 2.35. The number of hydrogen-bond donors (Lipinski definition) is 3. The van der Waals surface area contributed by atoms with E-state index in [0.29, 0.717) is 6.54 Å². The Labute approximate surface area is 98.7 Å². The number of aromatic carboxylic acids is 1. The van der Waals surface area contributed by atoms with Crippen LogP contribution in [0.1, 0.15) is 16.1 Å². The Morgan fingerprint density at radius 2 is 2.29 bits per heavy atom. The van der Waals surface area contributed by atoms with Crippen LogP contribution in [0.25, 0.3) is 10.9 Å². The predicted molar refractivity (Wildman–Crippen MR) is 66.1 cm³/mol. The zero-order chi connectivity index (χ0) is 12.3. The molecule has 0 unspecified atom stereocenters. The zero-order valence-corrected chi connectivity index (χ0v) is 9.37. The smallest absolute Gasteiger partial charge is 0.352 e. The highest BCUT2D eigenvalue weighted by atomic mass is 16.4. The molecule has 2 aromatic rings. The molecule has 0 saturated heterocycles. The molecule has 1 aromatic heterocycles. The highest BCUT2D eigenvalue weighted by molar-refractivity contribution is 5.94. The number of fused-ring (bicyclic) bond motifs is 1. The van der Waals surface area contributed by atoms with E-state index in [4.69, 9.17) is 5.11 Å². The average molecular weight is 228 g/mol. The lowest BCUT2D eigenvalue weighted by Crippen LogP contribution is -2.04. The third kappa shape index (κ3) is 2.47. The number of aromatic amines is 1. The molecule has 1 heterocycles. The van der Waals surface area contributed by atoms with E-state index in [2.05, 4.69) is 22.1 Å². The molecule has 4 nitrogen and oxygen atoms in total. The van der Waals surface area contributed by atoms with Crippen molar-refractivity contribution in [3.05, 3.63) is 35.5 Å². The number of benzene rings is 1. The summed E-state index contributed by atoms with van der Waals surface area (Å²) in [7, 11) is 1.84. The van der Waals surface area contributed by atoms with Crippen molar-refractivity contribution >= 4 is 16.9 Å². The zero-order valence-electron chi connectivity index (χ0n) is 9.37. The van der Waals surface area contributed by atoms with Crippen LogP contribution < -0.4 is 5.32 Å². The Kier molecular flexibility index (Phi) is 3.12. The number of rotatable bonds is 2. The standard InChI is InChI=1S/C13H12N2O2/c1-14-6-2-3-9-4-5-10-8-12(13(16)17)15-11(10)7-9/h4-5,7-8,14-15H,6H2,1H3,(H,16,17). The van der Waals surface area contributed by atoms with Gasteiger partial charge in [-0.05, 0) is 25.2 Å². The van der Waals surface area contributed by atoms with Crippen LogP contribution in [-0.2, 0) is 0 Å². The van der Waals surface area contributed by atoms with E-state index in [9.17, 15) is 4.79 Å². The summed E-state index contributed by atoms with van der Waals surface area (Å²) in [6.45, 7) is 0.628. The average Bonchev–Trinajstić information content (AvgIpc) is 2.72. The van der Waals surface area contributed by atoms with Crippen LogP contribution >= 0.6 is 0 Å². The van der Waals surface area contributed by atoms with Crippen molar-refractivity contribution in [1.82, 2.24) is 10.3 Å².